The monoisotopic (exact) mass is 596 g/mol. The predicted octanol–water partition coefficient (Wildman–Crippen LogP) is 4.88. The van der Waals surface area contributed by atoms with Gasteiger partial charge in [-0.05, 0) is 68.1 Å². The van der Waals surface area contributed by atoms with E-state index in [1.54, 1.807) is 6.20 Å². The lowest BCUT2D eigenvalue weighted by atomic mass is 10.1. The van der Waals surface area contributed by atoms with E-state index in [-0.39, 0.29) is 12.4 Å². The third-order valence-corrected chi connectivity index (χ3v) is 7.80. The Hall–Kier alpha value is -4.27. The number of carboxylic acid groups (broad SMARTS) is 1. The Kier molecular flexibility index (Phi) is 9.48. The summed E-state index contributed by atoms with van der Waals surface area (Å²) in [6, 6.07) is 17.9. The van der Waals surface area contributed by atoms with E-state index in [1.807, 2.05) is 72.3 Å². The fourth-order valence-corrected chi connectivity index (χ4v) is 5.43. The Bertz CT molecular complexity index is 1590. The number of morpholine rings is 1. The Labute approximate surface area is 256 Å². The molecule has 2 aromatic heterocycles. The highest BCUT2D eigenvalue weighted by Crippen LogP contribution is 2.25. The zero-order chi connectivity index (χ0) is 30.3. The molecular formula is C34H36N4O6. The minimum absolute atomic E-state index is 0.182. The van der Waals surface area contributed by atoms with Gasteiger partial charge in [0.15, 0.2) is 18.2 Å². The quantitative estimate of drug-likeness (QED) is 0.270. The van der Waals surface area contributed by atoms with Crippen molar-refractivity contribution in [3.05, 3.63) is 95.2 Å². The van der Waals surface area contributed by atoms with Crippen molar-refractivity contribution in [1.82, 2.24) is 19.6 Å². The van der Waals surface area contributed by atoms with Gasteiger partial charge < -0.3 is 28.4 Å². The highest BCUT2D eigenvalue weighted by Gasteiger charge is 2.26. The molecule has 10 heteroatoms. The summed E-state index contributed by atoms with van der Waals surface area (Å²) < 4.78 is 24.8. The van der Waals surface area contributed by atoms with Crippen LogP contribution in [0.5, 0.6) is 0 Å². The van der Waals surface area contributed by atoms with Crippen molar-refractivity contribution in [2.45, 2.75) is 57.8 Å². The van der Waals surface area contributed by atoms with Crippen LogP contribution in [-0.4, -0.2) is 69.4 Å². The predicted molar refractivity (Wildman–Crippen MR) is 161 cm³/mol. The number of imidazole rings is 1. The molecule has 44 heavy (non-hydrogen) atoms. The van der Waals surface area contributed by atoms with Crippen LogP contribution in [0.2, 0.25) is 0 Å². The number of rotatable bonds is 9. The van der Waals surface area contributed by atoms with Crippen LogP contribution in [0.3, 0.4) is 0 Å². The van der Waals surface area contributed by atoms with Gasteiger partial charge in [-0.2, -0.15) is 0 Å². The molecule has 0 aliphatic carbocycles. The molecule has 0 spiro atoms. The molecule has 2 unspecified atom stereocenters. The zero-order valence-electron chi connectivity index (χ0n) is 24.7. The fraction of sp³-hybridized carbons (Fsp3) is 0.382. The van der Waals surface area contributed by atoms with E-state index >= 15 is 0 Å². The second kappa shape index (κ2) is 14.0. The first kappa shape index (κ1) is 29.8. The molecular weight excluding hydrogens is 560 g/mol. The van der Waals surface area contributed by atoms with Crippen molar-refractivity contribution in [1.29, 1.82) is 0 Å². The summed E-state index contributed by atoms with van der Waals surface area (Å²) in [5.74, 6) is 7.03. The van der Waals surface area contributed by atoms with Crippen LogP contribution in [0, 0.1) is 11.8 Å². The molecule has 228 valence electrons. The van der Waals surface area contributed by atoms with E-state index in [2.05, 4.69) is 26.9 Å². The van der Waals surface area contributed by atoms with Crippen LogP contribution in [-0.2, 0) is 32.1 Å². The van der Waals surface area contributed by atoms with Crippen molar-refractivity contribution >= 4 is 5.97 Å². The van der Waals surface area contributed by atoms with Gasteiger partial charge in [-0.3, -0.25) is 4.90 Å². The zero-order valence-corrected chi connectivity index (χ0v) is 24.7. The maximum absolute atomic E-state index is 11.2. The first-order chi connectivity index (χ1) is 21.5. The standard InChI is InChI=1S/C34H36N4O6/c1-24(43-32-4-2-3-18-42-32)33-35-15-16-38(33)22-29-20-30(44-36-29)28-13-11-26(12-14-28)6-5-25-7-9-27(10-8-25)21-37-17-19-41-31(23-37)34(39)40/h7-16,20,24,31-32H,2-4,17-19,21-23H2,1H3,(H,39,40)/t24-,31?,32?/m0/s1. The number of hydrogen-bond acceptors (Lipinski definition) is 8. The molecule has 0 radical (unpaired) electrons. The van der Waals surface area contributed by atoms with Crippen molar-refractivity contribution in [2.24, 2.45) is 0 Å². The molecule has 0 amide bonds. The van der Waals surface area contributed by atoms with Crippen molar-refractivity contribution < 1.29 is 28.6 Å². The van der Waals surface area contributed by atoms with Gasteiger partial charge >= 0.3 is 5.97 Å². The molecule has 0 bridgehead atoms. The number of hydrogen-bond donors (Lipinski definition) is 1. The second-order valence-corrected chi connectivity index (χ2v) is 11.1. The lowest BCUT2D eigenvalue weighted by molar-refractivity contribution is -0.188. The normalized spacial score (nSPS) is 19.7. The molecule has 2 fully saturated rings. The van der Waals surface area contributed by atoms with E-state index in [0.717, 1.165) is 59.6 Å². The van der Waals surface area contributed by atoms with Gasteiger partial charge in [-0.15, -0.1) is 0 Å². The first-order valence-electron chi connectivity index (χ1n) is 15.0. The number of benzene rings is 2. The maximum Gasteiger partial charge on any atom is 0.334 e. The summed E-state index contributed by atoms with van der Waals surface area (Å²) in [4.78, 5) is 17.8. The van der Waals surface area contributed by atoms with Crippen LogP contribution in [0.25, 0.3) is 11.3 Å². The van der Waals surface area contributed by atoms with E-state index in [0.29, 0.717) is 38.5 Å². The van der Waals surface area contributed by atoms with E-state index < -0.39 is 12.1 Å². The van der Waals surface area contributed by atoms with Crippen LogP contribution in [0.15, 0.2) is 71.5 Å². The van der Waals surface area contributed by atoms with Crippen molar-refractivity contribution in [2.75, 3.05) is 26.3 Å². The van der Waals surface area contributed by atoms with Crippen molar-refractivity contribution in [3.8, 4) is 23.2 Å². The molecule has 4 heterocycles. The Morgan fingerprint density at radius 2 is 1.82 bits per heavy atom. The van der Waals surface area contributed by atoms with Crippen LogP contribution >= 0.6 is 0 Å². The van der Waals surface area contributed by atoms with E-state index in [9.17, 15) is 9.90 Å². The third-order valence-electron chi connectivity index (χ3n) is 7.80. The molecule has 1 N–H and O–H groups in total. The first-order valence-corrected chi connectivity index (χ1v) is 15.0. The van der Waals surface area contributed by atoms with Crippen LogP contribution in [0.4, 0.5) is 0 Å². The molecule has 2 aromatic carbocycles. The largest absolute Gasteiger partial charge is 0.479 e. The van der Waals surface area contributed by atoms with Crippen LogP contribution < -0.4 is 0 Å². The molecule has 6 rings (SSSR count). The molecule has 2 aliphatic heterocycles. The third kappa shape index (κ3) is 7.62. The van der Waals surface area contributed by atoms with Gasteiger partial charge in [0.2, 0.25) is 0 Å². The molecule has 2 aliphatic rings. The highest BCUT2D eigenvalue weighted by molar-refractivity contribution is 5.72. The number of aromatic nitrogens is 3. The molecule has 10 nitrogen and oxygen atoms in total. The number of nitrogens with zero attached hydrogens (tertiary/aromatic N) is 4. The summed E-state index contributed by atoms with van der Waals surface area (Å²) in [7, 11) is 0. The SMILES string of the molecule is C[C@H](OC1CCCCO1)c1nccn1Cc1cc(-c2ccc(C#Cc3ccc(CN4CCOC(C(=O)O)C4)cc3)cc2)on1. The van der Waals surface area contributed by atoms with E-state index in [4.69, 9.17) is 18.7 Å². The average molecular weight is 597 g/mol. The van der Waals surface area contributed by atoms with E-state index in [1.165, 1.54) is 0 Å². The fourth-order valence-electron chi connectivity index (χ4n) is 5.43. The van der Waals surface area contributed by atoms with Gasteiger partial charge in [0.25, 0.3) is 0 Å². The number of aliphatic carboxylic acids is 1. The number of carbonyl (C=O) groups is 1. The van der Waals surface area contributed by atoms with Gasteiger partial charge in [-0.25, -0.2) is 9.78 Å². The second-order valence-electron chi connectivity index (χ2n) is 11.1. The molecule has 3 atom stereocenters. The highest BCUT2D eigenvalue weighted by atomic mass is 16.7. The topological polar surface area (TPSA) is 112 Å². The smallest absolute Gasteiger partial charge is 0.334 e. The Morgan fingerprint density at radius 3 is 2.55 bits per heavy atom. The minimum atomic E-state index is -0.916. The summed E-state index contributed by atoms with van der Waals surface area (Å²) in [6.07, 6.45) is 5.66. The van der Waals surface area contributed by atoms with Gasteiger partial charge in [0.05, 0.1) is 13.2 Å². The molecule has 2 saturated heterocycles. The lowest BCUT2D eigenvalue weighted by Gasteiger charge is -2.30. The number of ether oxygens (including phenoxy) is 3. The number of carboxylic acids is 1. The summed E-state index contributed by atoms with van der Waals surface area (Å²) >= 11 is 0. The summed E-state index contributed by atoms with van der Waals surface area (Å²) in [5, 5.41) is 13.5. The van der Waals surface area contributed by atoms with Gasteiger partial charge in [0.1, 0.15) is 17.6 Å². The summed E-state index contributed by atoms with van der Waals surface area (Å²) in [6.45, 7) is 5.47. The van der Waals surface area contributed by atoms with Crippen molar-refractivity contribution in [3.63, 3.8) is 0 Å². The average Bonchev–Trinajstić information content (AvgIpc) is 3.72. The Morgan fingerprint density at radius 1 is 1.05 bits per heavy atom. The van der Waals surface area contributed by atoms with Gasteiger partial charge in [0, 0.05) is 61.4 Å². The molecule has 4 aromatic rings. The lowest BCUT2D eigenvalue weighted by Crippen LogP contribution is -2.45. The minimum Gasteiger partial charge on any atom is -0.479 e. The Balaban J connectivity index is 1.03. The summed E-state index contributed by atoms with van der Waals surface area (Å²) in [5.41, 5.74) is 4.63. The van der Waals surface area contributed by atoms with Gasteiger partial charge in [-0.1, -0.05) is 29.1 Å². The maximum atomic E-state index is 11.2. The van der Waals surface area contributed by atoms with Crippen LogP contribution in [0.1, 0.15) is 60.5 Å². The molecule has 0 saturated carbocycles.